The van der Waals surface area contributed by atoms with Crippen molar-refractivity contribution in [2.45, 2.75) is 20.0 Å². The minimum atomic E-state index is -3.00. The van der Waals surface area contributed by atoms with Crippen molar-refractivity contribution in [2.24, 2.45) is 0 Å². The predicted molar refractivity (Wildman–Crippen MR) is 108 cm³/mol. The maximum absolute atomic E-state index is 12.5. The number of methoxy groups -OCH3 is 1. The molecule has 2 rings (SSSR count). The standard InChI is InChI=1S/C21H21F2NO4S/c1-4-11-27-17-7-6-15(12-18(17)26-3)9-10-24-20(25)16(13-28-21(22)23)19-8-5-14(2)29-19/h1,5-8,12-13,21H,9-11H2,2-3H3,(H,24,25). The predicted octanol–water partition coefficient (Wildman–Crippen LogP) is 4.02. The van der Waals surface area contributed by atoms with Gasteiger partial charge in [0.05, 0.1) is 12.7 Å². The minimum absolute atomic E-state index is 0.0546. The number of rotatable bonds is 10. The molecule has 1 heterocycles. The molecule has 5 nitrogen and oxygen atoms in total. The van der Waals surface area contributed by atoms with E-state index in [0.717, 1.165) is 16.7 Å². The SMILES string of the molecule is C#CCOc1ccc(CCNC(=O)C(=COC(F)F)c2ccc(C)s2)cc1OC. The van der Waals surface area contributed by atoms with E-state index in [1.54, 1.807) is 24.3 Å². The Kier molecular flexibility index (Phi) is 8.49. The molecule has 29 heavy (non-hydrogen) atoms. The Labute approximate surface area is 172 Å². The van der Waals surface area contributed by atoms with Crippen molar-refractivity contribution < 1.29 is 27.8 Å². The second-order valence-electron chi connectivity index (χ2n) is 5.82. The maximum Gasteiger partial charge on any atom is 0.386 e. The summed E-state index contributed by atoms with van der Waals surface area (Å²) >= 11 is 1.32. The van der Waals surface area contributed by atoms with Crippen molar-refractivity contribution in [3.63, 3.8) is 0 Å². The largest absolute Gasteiger partial charge is 0.493 e. The molecule has 154 valence electrons. The van der Waals surface area contributed by atoms with Crippen molar-refractivity contribution in [1.29, 1.82) is 0 Å². The zero-order valence-corrected chi connectivity index (χ0v) is 16.9. The summed E-state index contributed by atoms with van der Waals surface area (Å²) in [7, 11) is 1.52. The van der Waals surface area contributed by atoms with E-state index in [1.165, 1.54) is 18.4 Å². The molecular formula is C21H21F2NO4S. The number of carbonyl (C=O) groups excluding carboxylic acids is 1. The van der Waals surface area contributed by atoms with Gasteiger partial charge in [0, 0.05) is 16.3 Å². The first kappa shape index (κ1) is 22.2. The molecule has 0 spiro atoms. The average Bonchev–Trinajstić information content (AvgIpc) is 3.12. The molecule has 1 amide bonds. The van der Waals surface area contributed by atoms with E-state index in [0.29, 0.717) is 29.3 Å². The number of carbonyl (C=O) groups is 1. The van der Waals surface area contributed by atoms with Crippen molar-refractivity contribution >= 4 is 22.8 Å². The van der Waals surface area contributed by atoms with E-state index < -0.39 is 12.5 Å². The highest BCUT2D eigenvalue weighted by Crippen LogP contribution is 2.28. The Morgan fingerprint density at radius 1 is 1.31 bits per heavy atom. The van der Waals surface area contributed by atoms with E-state index in [2.05, 4.69) is 16.0 Å². The van der Waals surface area contributed by atoms with Gasteiger partial charge >= 0.3 is 6.61 Å². The van der Waals surface area contributed by atoms with Gasteiger partial charge in [0.2, 0.25) is 0 Å². The van der Waals surface area contributed by atoms with Crippen LogP contribution in [0.15, 0.2) is 36.6 Å². The molecule has 1 N–H and O–H groups in total. The van der Waals surface area contributed by atoms with Gasteiger partial charge in [-0.05, 0) is 43.2 Å². The number of ether oxygens (including phenoxy) is 3. The monoisotopic (exact) mass is 421 g/mol. The Morgan fingerprint density at radius 3 is 2.72 bits per heavy atom. The summed E-state index contributed by atoms with van der Waals surface area (Å²) < 4.78 is 39.7. The van der Waals surface area contributed by atoms with Gasteiger partial charge in [-0.25, -0.2) is 0 Å². The van der Waals surface area contributed by atoms with Gasteiger partial charge in [0.15, 0.2) is 11.5 Å². The van der Waals surface area contributed by atoms with Crippen LogP contribution in [0.4, 0.5) is 8.78 Å². The van der Waals surface area contributed by atoms with Gasteiger partial charge in [-0.15, -0.1) is 17.8 Å². The molecule has 0 bridgehead atoms. The topological polar surface area (TPSA) is 56.8 Å². The van der Waals surface area contributed by atoms with E-state index in [9.17, 15) is 13.6 Å². The fourth-order valence-corrected chi connectivity index (χ4v) is 3.31. The van der Waals surface area contributed by atoms with Crippen molar-refractivity contribution in [2.75, 3.05) is 20.3 Å². The molecule has 0 radical (unpaired) electrons. The fourth-order valence-electron chi connectivity index (χ4n) is 2.44. The van der Waals surface area contributed by atoms with Gasteiger partial charge in [-0.1, -0.05) is 12.0 Å². The number of terminal acetylenes is 1. The first-order valence-corrected chi connectivity index (χ1v) is 9.48. The average molecular weight is 421 g/mol. The zero-order chi connectivity index (χ0) is 21.2. The third-order valence-corrected chi connectivity index (χ3v) is 4.81. The van der Waals surface area contributed by atoms with Crippen LogP contribution in [0.3, 0.4) is 0 Å². The Hall–Kier alpha value is -3.05. The maximum atomic E-state index is 12.5. The molecule has 0 unspecified atom stereocenters. The van der Waals surface area contributed by atoms with Crippen molar-refractivity contribution in [3.05, 3.63) is 51.9 Å². The summed E-state index contributed by atoms with van der Waals surface area (Å²) in [4.78, 5) is 14.0. The highest BCUT2D eigenvalue weighted by atomic mass is 32.1. The lowest BCUT2D eigenvalue weighted by atomic mass is 10.1. The molecule has 0 saturated heterocycles. The fraction of sp³-hybridized carbons (Fsp3) is 0.286. The van der Waals surface area contributed by atoms with Gasteiger partial charge < -0.3 is 19.5 Å². The van der Waals surface area contributed by atoms with Crippen molar-refractivity contribution in [1.82, 2.24) is 5.32 Å². The molecular weight excluding hydrogens is 400 g/mol. The molecule has 0 aliphatic heterocycles. The molecule has 8 heteroatoms. The third kappa shape index (κ3) is 6.80. The van der Waals surface area contributed by atoms with Crippen LogP contribution in [-0.2, 0) is 16.0 Å². The molecule has 0 atom stereocenters. The van der Waals surface area contributed by atoms with Crippen LogP contribution in [0.1, 0.15) is 15.3 Å². The van der Waals surface area contributed by atoms with Gasteiger partial charge in [0.1, 0.15) is 12.9 Å². The quantitative estimate of drug-likeness (QED) is 0.358. The number of thiophene rings is 1. The highest BCUT2D eigenvalue weighted by Gasteiger charge is 2.16. The van der Waals surface area contributed by atoms with Crippen LogP contribution in [0, 0.1) is 19.3 Å². The summed E-state index contributed by atoms with van der Waals surface area (Å²) in [5, 5.41) is 2.73. The molecule has 1 aromatic heterocycles. The number of benzene rings is 1. The normalized spacial score (nSPS) is 11.1. The number of hydrogen-bond donors (Lipinski definition) is 1. The first-order valence-electron chi connectivity index (χ1n) is 8.66. The van der Waals surface area contributed by atoms with E-state index >= 15 is 0 Å². The number of hydrogen-bond acceptors (Lipinski definition) is 5. The molecule has 2 aromatic rings. The van der Waals surface area contributed by atoms with Gasteiger partial charge in [0.25, 0.3) is 5.91 Å². The molecule has 1 aromatic carbocycles. The molecule has 0 aliphatic carbocycles. The molecule has 0 saturated carbocycles. The second kappa shape index (κ2) is 11.1. The van der Waals surface area contributed by atoms with Crippen molar-refractivity contribution in [3.8, 4) is 23.8 Å². The summed E-state index contributed by atoms with van der Waals surface area (Å²) in [6.07, 6.45) is 6.49. The summed E-state index contributed by atoms with van der Waals surface area (Å²) in [6, 6.07) is 8.86. The van der Waals surface area contributed by atoms with Crippen LogP contribution >= 0.6 is 11.3 Å². The second-order valence-corrected chi connectivity index (χ2v) is 7.11. The first-order chi connectivity index (χ1) is 13.9. The Morgan fingerprint density at radius 2 is 2.10 bits per heavy atom. The third-order valence-electron chi connectivity index (χ3n) is 3.78. The zero-order valence-electron chi connectivity index (χ0n) is 16.0. The lowest BCUT2D eigenvalue weighted by Crippen LogP contribution is -2.26. The van der Waals surface area contributed by atoms with Gasteiger partial charge in [-0.2, -0.15) is 8.78 Å². The van der Waals surface area contributed by atoms with E-state index in [-0.39, 0.29) is 12.2 Å². The Balaban J connectivity index is 2.01. The van der Waals surface area contributed by atoms with E-state index in [1.807, 2.05) is 13.0 Å². The summed E-state index contributed by atoms with van der Waals surface area (Å²) in [5.41, 5.74) is 0.954. The molecule has 0 aliphatic rings. The Bertz CT molecular complexity index is 902. The smallest absolute Gasteiger partial charge is 0.386 e. The summed E-state index contributed by atoms with van der Waals surface area (Å²) in [6.45, 7) is -0.712. The number of halogens is 2. The number of nitrogens with one attached hydrogen (secondary N) is 1. The van der Waals surface area contributed by atoms with Crippen LogP contribution in [0.2, 0.25) is 0 Å². The number of aryl methyl sites for hydroxylation is 1. The molecule has 0 fully saturated rings. The lowest BCUT2D eigenvalue weighted by molar-refractivity contribution is -0.116. The van der Waals surface area contributed by atoms with Crippen LogP contribution < -0.4 is 14.8 Å². The van der Waals surface area contributed by atoms with Crippen LogP contribution in [0.5, 0.6) is 11.5 Å². The summed E-state index contributed by atoms with van der Waals surface area (Å²) in [5.74, 6) is 2.95. The highest BCUT2D eigenvalue weighted by molar-refractivity contribution is 7.13. The lowest BCUT2D eigenvalue weighted by Gasteiger charge is -2.11. The van der Waals surface area contributed by atoms with Crippen LogP contribution in [-0.4, -0.2) is 32.8 Å². The van der Waals surface area contributed by atoms with Crippen LogP contribution in [0.25, 0.3) is 5.57 Å². The minimum Gasteiger partial charge on any atom is -0.493 e. The number of amides is 1. The van der Waals surface area contributed by atoms with E-state index in [4.69, 9.17) is 15.9 Å². The number of alkyl halides is 2. The van der Waals surface area contributed by atoms with Gasteiger partial charge in [-0.3, -0.25) is 4.79 Å².